The Morgan fingerprint density at radius 1 is 1.14 bits per heavy atom. The van der Waals surface area contributed by atoms with Gasteiger partial charge < -0.3 is 14.8 Å². The second-order valence-corrected chi connectivity index (χ2v) is 5.07. The molecule has 0 atom stereocenters. The van der Waals surface area contributed by atoms with Crippen LogP contribution < -0.4 is 5.32 Å². The SMILES string of the molecule is O=C(O)c1ccc2nc(Nc3ccc(Cl)c(Cl)c3)oc2c1. The summed E-state index contributed by atoms with van der Waals surface area (Å²) in [5.41, 5.74) is 1.74. The van der Waals surface area contributed by atoms with E-state index < -0.39 is 5.97 Å². The first-order chi connectivity index (χ1) is 10.0. The average molecular weight is 323 g/mol. The third-order valence-corrected chi connectivity index (χ3v) is 3.55. The lowest BCUT2D eigenvalue weighted by atomic mass is 10.2. The van der Waals surface area contributed by atoms with Crippen molar-refractivity contribution in [3.63, 3.8) is 0 Å². The molecule has 21 heavy (non-hydrogen) atoms. The van der Waals surface area contributed by atoms with E-state index in [4.69, 9.17) is 32.7 Å². The molecule has 2 N–H and O–H groups in total. The van der Waals surface area contributed by atoms with Crippen molar-refractivity contribution in [3.05, 3.63) is 52.0 Å². The van der Waals surface area contributed by atoms with Gasteiger partial charge in [0.25, 0.3) is 6.01 Å². The quantitative estimate of drug-likeness (QED) is 0.738. The fraction of sp³-hybridized carbons (Fsp3) is 0. The summed E-state index contributed by atoms with van der Waals surface area (Å²) < 4.78 is 5.47. The standard InChI is InChI=1S/C14H8Cl2N2O3/c15-9-3-2-8(6-10(9)16)17-14-18-11-4-1-7(13(19)20)5-12(11)21-14/h1-6H,(H,17,18)(H,19,20). The molecule has 0 aliphatic heterocycles. The summed E-state index contributed by atoms with van der Waals surface area (Å²) in [5, 5.41) is 12.7. The molecule has 5 nitrogen and oxygen atoms in total. The summed E-state index contributed by atoms with van der Waals surface area (Å²) >= 11 is 11.8. The molecule has 0 spiro atoms. The summed E-state index contributed by atoms with van der Waals surface area (Å²) in [6.45, 7) is 0. The Kier molecular flexibility index (Phi) is 3.45. The first-order valence-corrected chi connectivity index (χ1v) is 6.64. The van der Waals surface area contributed by atoms with Crippen LogP contribution in [-0.4, -0.2) is 16.1 Å². The van der Waals surface area contributed by atoms with E-state index in [2.05, 4.69) is 10.3 Å². The zero-order chi connectivity index (χ0) is 15.0. The number of hydrogen-bond acceptors (Lipinski definition) is 4. The van der Waals surface area contributed by atoms with Crippen molar-refractivity contribution in [1.82, 2.24) is 4.98 Å². The molecule has 0 unspecified atom stereocenters. The molecule has 0 fully saturated rings. The van der Waals surface area contributed by atoms with Gasteiger partial charge in [0.1, 0.15) is 5.52 Å². The summed E-state index contributed by atoms with van der Waals surface area (Å²) in [7, 11) is 0. The Morgan fingerprint density at radius 2 is 1.95 bits per heavy atom. The number of rotatable bonds is 3. The molecule has 1 heterocycles. The van der Waals surface area contributed by atoms with E-state index in [1.165, 1.54) is 12.1 Å². The lowest BCUT2D eigenvalue weighted by molar-refractivity contribution is 0.0697. The van der Waals surface area contributed by atoms with Gasteiger partial charge in [-0.1, -0.05) is 23.2 Å². The van der Waals surface area contributed by atoms with E-state index in [1.54, 1.807) is 24.3 Å². The average Bonchev–Trinajstić information content (AvgIpc) is 2.84. The zero-order valence-corrected chi connectivity index (χ0v) is 11.9. The van der Waals surface area contributed by atoms with Crippen molar-refractivity contribution < 1.29 is 14.3 Å². The van der Waals surface area contributed by atoms with Crippen molar-refractivity contribution in [3.8, 4) is 0 Å². The molecule has 0 radical (unpaired) electrons. The molecule has 7 heteroatoms. The molecule has 2 aromatic carbocycles. The maximum Gasteiger partial charge on any atom is 0.335 e. The van der Waals surface area contributed by atoms with Crippen molar-refractivity contribution in [2.75, 3.05) is 5.32 Å². The van der Waals surface area contributed by atoms with E-state index in [9.17, 15) is 4.79 Å². The van der Waals surface area contributed by atoms with Crippen LogP contribution in [0.15, 0.2) is 40.8 Å². The summed E-state index contributed by atoms with van der Waals surface area (Å²) in [6.07, 6.45) is 0. The second-order valence-electron chi connectivity index (χ2n) is 4.26. The Morgan fingerprint density at radius 3 is 2.67 bits per heavy atom. The Bertz CT molecular complexity index is 845. The van der Waals surface area contributed by atoms with Crippen molar-refractivity contribution in [2.45, 2.75) is 0 Å². The lowest BCUT2D eigenvalue weighted by Gasteiger charge is -2.02. The molecule has 3 aromatic rings. The number of hydrogen-bond donors (Lipinski definition) is 2. The maximum absolute atomic E-state index is 10.9. The van der Waals surface area contributed by atoms with Gasteiger partial charge in [-0.3, -0.25) is 0 Å². The van der Waals surface area contributed by atoms with Crippen LogP contribution in [0.2, 0.25) is 10.0 Å². The smallest absolute Gasteiger partial charge is 0.335 e. The minimum atomic E-state index is -1.02. The van der Waals surface area contributed by atoms with Crippen LogP contribution in [0.3, 0.4) is 0 Å². The van der Waals surface area contributed by atoms with Crippen molar-refractivity contribution >= 4 is 52.0 Å². The minimum absolute atomic E-state index is 0.139. The van der Waals surface area contributed by atoms with E-state index in [0.717, 1.165) is 0 Å². The Balaban J connectivity index is 1.93. The highest BCUT2D eigenvalue weighted by Crippen LogP contribution is 2.28. The van der Waals surface area contributed by atoms with Crippen LogP contribution in [0.1, 0.15) is 10.4 Å². The van der Waals surface area contributed by atoms with E-state index in [1.807, 2.05) is 0 Å². The zero-order valence-electron chi connectivity index (χ0n) is 10.4. The number of nitrogens with one attached hydrogen (secondary N) is 1. The number of fused-ring (bicyclic) bond motifs is 1. The highest BCUT2D eigenvalue weighted by Gasteiger charge is 2.10. The largest absolute Gasteiger partial charge is 0.478 e. The number of oxazole rings is 1. The molecule has 0 bridgehead atoms. The maximum atomic E-state index is 10.9. The normalized spacial score (nSPS) is 10.8. The Hall–Kier alpha value is -2.24. The molecule has 0 aliphatic rings. The van der Waals surface area contributed by atoms with Gasteiger partial charge in [0.15, 0.2) is 5.58 Å². The third kappa shape index (κ3) is 2.79. The fourth-order valence-electron chi connectivity index (χ4n) is 1.81. The predicted molar refractivity (Wildman–Crippen MR) is 80.7 cm³/mol. The van der Waals surface area contributed by atoms with E-state index in [-0.39, 0.29) is 11.6 Å². The number of benzene rings is 2. The predicted octanol–water partition coefficient (Wildman–Crippen LogP) is 4.58. The monoisotopic (exact) mass is 322 g/mol. The van der Waals surface area contributed by atoms with Crippen LogP contribution in [-0.2, 0) is 0 Å². The highest BCUT2D eigenvalue weighted by atomic mass is 35.5. The van der Waals surface area contributed by atoms with Gasteiger partial charge in [-0.2, -0.15) is 4.98 Å². The van der Waals surface area contributed by atoms with Crippen LogP contribution in [0.25, 0.3) is 11.1 Å². The second kappa shape index (κ2) is 5.27. The molecular weight excluding hydrogens is 315 g/mol. The molecule has 0 aliphatic carbocycles. The topological polar surface area (TPSA) is 75.4 Å². The van der Waals surface area contributed by atoms with Crippen LogP contribution in [0, 0.1) is 0 Å². The van der Waals surface area contributed by atoms with Gasteiger partial charge >= 0.3 is 5.97 Å². The third-order valence-electron chi connectivity index (χ3n) is 2.81. The molecule has 1 aromatic heterocycles. The molecule has 3 rings (SSSR count). The van der Waals surface area contributed by atoms with Crippen LogP contribution in [0.5, 0.6) is 0 Å². The summed E-state index contributed by atoms with van der Waals surface area (Å²) in [5.74, 6) is -1.02. The van der Waals surface area contributed by atoms with Gasteiger partial charge in [-0.15, -0.1) is 0 Å². The summed E-state index contributed by atoms with van der Waals surface area (Å²) in [6, 6.07) is 9.74. The minimum Gasteiger partial charge on any atom is -0.478 e. The van der Waals surface area contributed by atoms with Gasteiger partial charge in [-0.05, 0) is 36.4 Å². The molecular formula is C14H8Cl2N2O3. The number of carboxylic acid groups (broad SMARTS) is 1. The van der Waals surface area contributed by atoms with Crippen LogP contribution >= 0.6 is 23.2 Å². The number of aromatic nitrogens is 1. The van der Waals surface area contributed by atoms with Gasteiger partial charge in [0.2, 0.25) is 0 Å². The highest BCUT2D eigenvalue weighted by molar-refractivity contribution is 6.42. The number of nitrogens with zero attached hydrogens (tertiary/aromatic N) is 1. The van der Waals surface area contributed by atoms with Gasteiger partial charge in [0.05, 0.1) is 15.6 Å². The molecule has 0 saturated carbocycles. The Labute approximate surface area is 129 Å². The van der Waals surface area contributed by atoms with Crippen molar-refractivity contribution in [2.24, 2.45) is 0 Å². The van der Waals surface area contributed by atoms with Gasteiger partial charge in [0, 0.05) is 5.69 Å². The van der Waals surface area contributed by atoms with Gasteiger partial charge in [-0.25, -0.2) is 4.79 Å². The van der Waals surface area contributed by atoms with E-state index in [0.29, 0.717) is 26.8 Å². The molecule has 106 valence electrons. The number of carboxylic acids is 1. The first kappa shape index (κ1) is 13.7. The number of aromatic carboxylic acids is 1. The molecule has 0 amide bonds. The van der Waals surface area contributed by atoms with Crippen molar-refractivity contribution in [1.29, 1.82) is 0 Å². The lowest BCUT2D eigenvalue weighted by Crippen LogP contribution is -1.94. The fourth-order valence-corrected chi connectivity index (χ4v) is 2.11. The van der Waals surface area contributed by atoms with E-state index >= 15 is 0 Å². The first-order valence-electron chi connectivity index (χ1n) is 5.89. The molecule has 0 saturated heterocycles. The van der Waals surface area contributed by atoms with Crippen LogP contribution in [0.4, 0.5) is 11.7 Å². The number of halogens is 2. The number of anilines is 2. The summed E-state index contributed by atoms with van der Waals surface area (Å²) in [4.78, 5) is 15.1. The number of carbonyl (C=O) groups is 1.